The monoisotopic (exact) mass is 274 g/mol. The number of aliphatic carboxylic acids is 1. The molecular weight excluding hydrogens is 262 g/mol. The van der Waals surface area contributed by atoms with Crippen molar-refractivity contribution in [2.24, 2.45) is 0 Å². The summed E-state index contributed by atoms with van der Waals surface area (Å²) in [5.41, 5.74) is 0.968. The second kappa shape index (κ2) is 5.05. The molecule has 0 unspecified atom stereocenters. The highest BCUT2D eigenvalue weighted by Gasteiger charge is 2.30. The standard InChI is InChI=1S/C13H13N3O2S/c17-11(18)8-19-13-15-14-12(9-6-7-9)16(13)10-4-2-1-3-5-10/h1-5,9H,6-8H2,(H,17,18)/p-1. The smallest absolute Gasteiger partial charge is 0.196 e. The summed E-state index contributed by atoms with van der Waals surface area (Å²) < 4.78 is 1.95. The molecule has 0 N–H and O–H groups in total. The number of carbonyl (C=O) groups excluding carboxylic acids is 1. The predicted octanol–water partition coefficient (Wildman–Crippen LogP) is 0.987. The Balaban J connectivity index is 1.98. The summed E-state index contributed by atoms with van der Waals surface area (Å²) in [6.45, 7) is 0. The van der Waals surface area contributed by atoms with E-state index >= 15 is 0 Å². The van der Waals surface area contributed by atoms with Crippen molar-refractivity contribution in [1.29, 1.82) is 0 Å². The van der Waals surface area contributed by atoms with Crippen LogP contribution >= 0.6 is 11.8 Å². The first kappa shape index (κ1) is 12.2. The van der Waals surface area contributed by atoms with Crippen LogP contribution in [0.25, 0.3) is 5.69 Å². The Morgan fingerprint density at radius 1 is 1.32 bits per heavy atom. The third kappa shape index (κ3) is 2.63. The van der Waals surface area contributed by atoms with E-state index in [0.717, 1.165) is 36.1 Å². The fourth-order valence-electron chi connectivity index (χ4n) is 1.92. The fourth-order valence-corrected chi connectivity index (χ4v) is 2.60. The molecular formula is C13H12N3O2S-. The van der Waals surface area contributed by atoms with Crippen LogP contribution in [0, 0.1) is 0 Å². The Hall–Kier alpha value is -1.82. The van der Waals surface area contributed by atoms with Crippen LogP contribution in [-0.2, 0) is 4.79 Å². The van der Waals surface area contributed by atoms with Gasteiger partial charge in [-0.3, -0.25) is 4.57 Å². The molecule has 1 aliphatic carbocycles. The average molecular weight is 274 g/mol. The summed E-state index contributed by atoms with van der Waals surface area (Å²) in [4.78, 5) is 10.6. The van der Waals surface area contributed by atoms with E-state index in [0.29, 0.717) is 11.1 Å². The van der Waals surface area contributed by atoms with Crippen LogP contribution < -0.4 is 5.11 Å². The summed E-state index contributed by atoms with van der Waals surface area (Å²) in [6.07, 6.45) is 2.24. The van der Waals surface area contributed by atoms with Crippen molar-refractivity contribution in [2.75, 3.05) is 5.75 Å². The zero-order chi connectivity index (χ0) is 13.2. The van der Waals surface area contributed by atoms with Gasteiger partial charge in [-0.1, -0.05) is 30.0 Å². The number of carbonyl (C=O) groups is 1. The zero-order valence-corrected chi connectivity index (χ0v) is 11.0. The van der Waals surface area contributed by atoms with Crippen LogP contribution in [-0.4, -0.2) is 26.5 Å². The van der Waals surface area contributed by atoms with Gasteiger partial charge in [-0.15, -0.1) is 10.2 Å². The summed E-state index contributed by atoms with van der Waals surface area (Å²) >= 11 is 1.14. The third-order valence-electron chi connectivity index (χ3n) is 2.93. The van der Waals surface area contributed by atoms with Crippen molar-refractivity contribution in [1.82, 2.24) is 14.8 Å². The number of para-hydroxylation sites is 1. The Kier molecular flexibility index (Phi) is 3.25. The van der Waals surface area contributed by atoms with Crippen molar-refractivity contribution >= 4 is 17.7 Å². The normalized spacial score (nSPS) is 14.5. The molecule has 1 aromatic carbocycles. The minimum Gasteiger partial charge on any atom is -0.549 e. The first-order valence-electron chi connectivity index (χ1n) is 6.09. The molecule has 0 aliphatic heterocycles. The Morgan fingerprint density at radius 2 is 2.05 bits per heavy atom. The van der Waals surface area contributed by atoms with Gasteiger partial charge < -0.3 is 9.90 Å². The number of aromatic nitrogens is 3. The molecule has 98 valence electrons. The van der Waals surface area contributed by atoms with E-state index in [4.69, 9.17) is 0 Å². The number of hydrogen-bond donors (Lipinski definition) is 0. The highest BCUT2D eigenvalue weighted by Crippen LogP contribution is 2.41. The number of thioether (sulfide) groups is 1. The van der Waals surface area contributed by atoms with Gasteiger partial charge >= 0.3 is 0 Å². The molecule has 3 rings (SSSR count). The Labute approximate surface area is 114 Å². The maximum absolute atomic E-state index is 10.6. The van der Waals surface area contributed by atoms with E-state index in [9.17, 15) is 9.90 Å². The van der Waals surface area contributed by atoms with Crippen LogP contribution in [0.4, 0.5) is 0 Å². The van der Waals surface area contributed by atoms with E-state index in [-0.39, 0.29) is 5.75 Å². The summed E-state index contributed by atoms with van der Waals surface area (Å²) in [6, 6.07) is 9.77. The van der Waals surface area contributed by atoms with Crippen molar-refractivity contribution in [3.63, 3.8) is 0 Å². The molecule has 0 atom stereocenters. The largest absolute Gasteiger partial charge is 0.549 e. The molecule has 1 saturated carbocycles. The molecule has 1 heterocycles. The molecule has 1 fully saturated rings. The molecule has 1 aliphatic rings. The van der Waals surface area contributed by atoms with Gasteiger partial charge in [-0.25, -0.2) is 0 Å². The quantitative estimate of drug-likeness (QED) is 0.760. The third-order valence-corrected chi connectivity index (χ3v) is 3.84. The molecule has 0 amide bonds. The van der Waals surface area contributed by atoms with E-state index in [2.05, 4.69) is 10.2 Å². The van der Waals surface area contributed by atoms with Crippen molar-refractivity contribution in [2.45, 2.75) is 23.9 Å². The van der Waals surface area contributed by atoms with Gasteiger partial charge in [0, 0.05) is 17.4 Å². The second-order valence-electron chi connectivity index (χ2n) is 4.45. The molecule has 2 aromatic rings. The minimum absolute atomic E-state index is 0.115. The number of carboxylic acids is 1. The van der Waals surface area contributed by atoms with E-state index in [1.165, 1.54) is 0 Å². The highest BCUT2D eigenvalue weighted by molar-refractivity contribution is 7.99. The lowest BCUT2D eigenvalue weighted by Crippen LogP contribution is -2.24. The lowest BCUT2D eigenvalue weighted by Gasteiger charge is -2.09. The van der Waals surface area contributed by atoms with Gasteiger partial charge in [-0.2, -0.15) is 0 Å². The van der Waals surface area contributed by atoms with Crippen LogP contribution in [0.1, 0.15) is 24.6 Å². The fraction of sp³-hybridized carbons (Fsp3) is 0.308. The SMILES string of the molecule is O=C([O-])CSc1nnc(C2CC2)n1-c1ccccc1. The van der Waals surface area contributed by atoms with Crippen LogP contribution in [0.2, 0.25) is 0 Å². The van der Waals surface area contributed by atoms with Gasteiger partial charge in [0.2, 0.25) is 0 Å². The van der Waals surface area contributed by atoms with Crippen LogP contribution in [0.5, 0.6) is 0 Å². The van der Waals surface area contributed by atoms with Gasteiger partial charge in [0.1, 0.15) is 5.82 Å². The predicted molar refractivity (Wildman–Crippen MR) is 69.1 cm³/mol. The molecule has 0 radical (unpaired) electrons. The van der Waals surface area contributed by atoms with Crippen LogP contribution in [0.15, 0.2) is 35.5 Å². The number of carboxylic acid groups (broad SMARTS) is 1. The number of rotatable bonds is 5. The van der Waals surface area contributed by atoms with E-state index in [1.807, 2.05) is 34.9 Å². The lowest BCUT2D eigenvalue weighted by atomic mass is 10.3. The van der Waals surface area contributed by atoms with Gasteiger partial charge in [-0.05, 0) is 25.0 Å². The zero-order valence-electron chi connectivity index (χ0n) is 10.2. The molecule has 0 spiro atoms. The molecule has 5 nitrogen and oxygen atoms in total. The lowest BCUT2D eigenvalue weighted by molar-refractivity contribution is -0.301. The van der Waals surface area contributed by atoms with Gasteiger partial charge in [0.15, 0.2) is 5.16 Å². The second-order valence-corrected chi connectivity index (χ2v) is 5.39. The average Bonchev–Trinajstić information content (AvgIpc) is 3.17. The molecule has 1 aromatic heterocycles. The Bertz CT molecular complexity index is 593. The molecule has 0 bridgehead atoms. The van der Waals surface area contributed by atoms with Crippen molar-refractivity contribution < 1.29 is 9.90 Å². The maximum Gasteiger partial charge on any atom is 0.196 e. The number of hydrogen-bond acceptors (Lipinski definition) is 5. The highest BCUT2D eigenvalue weighted by atomic mass is 32.2. The van der Waals surface area contributed by atoms with Crippen molar-refractivity contribution in [3.05, 3.63) is 36.2 Å². The maximum atomic E-state index is 10.6. The molecule has 6 heteroatoms. The molecule has 0 saturated heterocycles. The number of benzene rings is 1. The number of nitrogens with zero attached hydrogens (tertiary/aromatic N) is 3. The molecule has 19 heavy (non-hydrogen) atoms. The summed E-state index contributed by atoms with van der Waals surface area (Å²) in [7, 11) is 0. The van der Waals surface area contributed by atoms with Gasteiger partial charge in [0.25, 0.3) is 0 Å². The first-order chi connectivity index (χ1) is 9.25. The van der Waals surface area contributed by atoms with Gasteiger partial charge in [0.05, 0.1) is 5.97 Å². The topological polar surface area (TPSA) is 70.8 Å². The van der Waals surface area contributed by atoms with Crippen LogP contribution in [0.3, 0.4) is 0 Å². The first-order valence-corrected chi connectivity index (χ1v) is 7.07. The van der Waals surface area contributed by atoms with E-state index < -0.39 is 5.97 Å². The minimum atomic E-state index is -1.10. The summed E-state index contributed by atoms with van der Waals surface area (Å²) in [5.74, 6) is 0.160. The van der Waals surface area contributed by atoms with E-state index in [1.54, 1.807) is 0 Å². The Morgan fingerprint density at radius 3 is 2.68 bits per heavy atom. The summed E-state index contributed by atoms with van der Waals surface area (Å²) in [5, 5.41) is 19.5. The van der Waals surface area contributed by atoms with Crippen molar-refractivity contribution in [3.8, 4) is 5.69 Å².